The van der Waals surface area contributed by atoms with Crippen molar-refractivity contribution in [3.05, 3.63) is 283 Å². The lowest BCUT2D eigenvalue weighted by Gasteiger charge is -2.33. The second-order valence-corrected chi connectivity index (χ2v) is 20.4. The van der Waals surface area contributed by atoms with E-state index >= 15 is 0 Å². The third kappa shape index (κ3) is 6.36. The van der Waals surface area contributed by atoms with Crippen LogP contribution in [0.3, 0.4) is 0 Å². The van der Waals surface area contributed by atoms with Gasteiger partial charge in [0.25, 0.3) is 0 Å². The molecule has 2 aromatic heterocycles. The first-order valence-electron chi connectivity index (χ1n) is 24.0. The van der Waals surface area contributed by atoms with Crippen LogP contribution in [0.1, 0.15) is 22.3 Å². The van der Waals surface area contributed by atoms with E-state index in [1.165, 1.54) is 107 Å². The van der Waals surface area contributed by atoms with Crippen molar-refractivity contribution in [3.8, 4) is 44.5 Å². The third-order valence-corrected chi connectivity index (χ3v) is 17.0. The fourth-order valence-electron chi connectivity index (χ4n) is 11.4. The van der Waals surface area contributed by atoms with Crippen molar-refractivity contribution in [2.24, 2.45) is 0 Å². The molecule has 0 aliphatic heterocycles. The molecule has 0 saturated heterocycles. The summed E-state index contributed by atoms with van der Waals surface area (Å²) in [6.07, 6.45) is 0. The van der Waals surface area contributed by atoms with E-state index in [9.17, 15) is 0 Å². The average molecular weight is 926 g/mol. The number of thiophene rings is 2. The van der Waals surface area contributed by atoms with Gasteiger partial charge < -0.3 is 4.90 Å². The van der Waals surface area contributed by atoms with Gasteiger partial charge in [0, 0.05) is 57.4 Å². The zero-order valence-electron chi connectivity index (χ0n) is 38.1. The van der Waals surface area contributed by atoms with Gasteiger partial charge in [-0.25, -0.2) is 0 Å². The average Bonchev–Trinajstić information content (AvgIpc) is 4.11. The summed E-state index contributed by atoms with van der Waals surface area (Å²) in [4.78, 5) is 2.41. The van der Waals surface area contributed by atoms with Crippen LogP contribution in [0.4, 0.5) is 17.1 Å². The van der Waals surface area contributed by atoms with Gasteiger partial charge in [-0.15, -0.1) is 22.7 Å². The van der Waals surface area contributed by atoms with E-state index in [0.717, 1.165) is 17.1 Å². The van der Waals surface area contributed by atoms with Crippen LogP contribution < -0.4 is 4.90 Å². The molecule has 0 radical (unpaired) electrons. The summed E-state index contributed by atoms with van der Waals surface area (Å²) >= 11 is 3.76. The molecule has 0 amide bonds. The molecule has 0 bridgehead atoms. The van der Waals surface area contributed by atoms with Gasteiger partial charge in [-0.3, -0.25) is 0 Å². The molecule has 1 aliphatic rings. The normalized spacial score (nSPS) is 12.7. The van der Waals surface area contributed by atoms with Gasteiger partial charge in [0.05, 0.1) is 5.41 Å². The standard InChI is InChI=1S/C67H43NS2/c1-3-17-48(18-4-1)67(49-19-5-2-6-20-49)61-29-10-7-22-55(61)60-43-47(36-41-62(60)67)46-16-13-21-52(42-46)68(50-37-32-44(33-38-50)53-25-14-27-58-56-23-8-11-30-63(56)69-65(53)58)51-39-34-45(35-40-51)54-26-15-28-59-57-24-9-12-31-64(57)70-66(54)59/h1-43H. The zero-order valence-corrected chi connectivity index (χ0v) is 39.7. The smallest absolute Gasteiger partial charge is 0.0713 e. The molecule has 1 aliphatic carbocycles. The second-order valence-electron chi connectivity index (χ2n) is 18.3. The Bertz CT molecular complexity index is 3910. The molecular weight excluding hydrogens is 883 g/mol. The van der Waals surface area contributed by atoms with Crippen LogP contribution in [0.5, 0.6) is 0 Å². The molecule has 3 heteroatoms. The maximum absolute atomic E-state index is 2.43. The summed E-state index contributed by atoms with van der Waals surface area (Å²) in [5.41, 5.74) is 17.9. The number of fused-ring (bicyclic) bond motifs is 9. The monoisotopic (exact) mass is 925 g/mol. The molecule has 0 spiro atoms. The minimum absolute atomic E-state index is 0.436. The van der Waals surface area contributed by atoms with E-state index in [-0.39, 0.29) is 0 Å². The van der Waals surface area contributed by atoms with E-state index in [4.69, 9.17) is 0 Å². The lowest BCUT2D eigenvalue weighted by Crippen LogP contribution is -2.28. The number of hydrogen-bond acceptors (Lipinski definition) is 3. The largest absolute Gasteiger partial charge is 0.310 e. The van der Waals surface area contributed by atoms with Crippen molar-refractivity contribution in [1.29, 1.82) is 0 Å². The second kappa shape index (κ2) is 16.4. The Hall–Kier alpha value is -8.34. The Labute approximate surface area is 415 Å². The molecule has 2 heterocycles. The highest BCUT2D eigenvalue weighted by atomic mass is 32.1. The molecular formula is C67H43NS2. The first kappa shape index (κ1) is 40.7. The summed E-state index contributed by atoms with van der Waals surface area (Å²) in [6, 6.07) is 96.6. The Kier molecular flexibility index (Phi) is 9.55. The van der Waals surface area contributed by atoms with Crippen LogP contribution in [0, 0.1) is 0 Å². The minimum Gasteiger partial charge on any atom is -0.310 e. The van der Waals surface area contributed by atoms with E-state index in [0.29, 0.717) is 0 Å². The Morgan fingerprint density at radius 2 is 0.714 bits per heavy atom. The first-order valence-corrected chi connectivity index (χ1v) is 25.6. The third-order valence-electron chi connectivity index (χ3n) is 14.6. The summed E-state index contributed by atoms with van der Waals surface area (Å²) in [5.74, 6) is 0. The number of anilines is 3. The van der Waals surface area contributed by atoms with E-state index in [1.807, 2.05) is 22.7 Å². The highest BCUT2D eigenvalue weighted by molar-refractivity contribution is 7.26. The van der Waals surface area contributed by atoms with Gasteiger partial charge in [0.2, 0.25) is 0 Å². The van der Waals surface area contributed by atoms with Crippen LogP contribution in [-0.2, 0) is 5.41 Å². The number of rotatable bonds is 8. The molecule has 0 saturated carbocycles. The van der Waals surface area contributed by atoms with Crippen LogP contribution in [0.25, 0.3) is 84.9 Å². The molecule has 1 nitrogen and oxygen atoms in total. The maximum Gasteiger partial charge on any atom is 0.0713 e. The van der Waals surface area contributed by atoms with Crippen molar-refractivity contribution in [2.75, 3.05) is 4.90 Å². The minimum atomic E-state index is -0.436. The van der Waals surface area contributed by atoms with E-state index < -0.39 is 5.41 Å². The van der Waals surface area contributed by atoms with Gasteiger partial charge in [-0.05, 0) is 121 Å². The molecule has 70 heavy (non-hydrogen) atoms. The Morgan fingerprint density at radius 3 is 1.30 bits per heavy atom. The molecule has 0 N–H and O–H groups in total. The van der Waals surface area contributed by atoms with Gasteiger partial charge in [-0.2, -0.15) is 0 Å². The quantitative estimate of drug-likeness (QED) is 0.147. The van der Waals surface area contributed by atoms with Crippen molar-refractivity contribution >= 4 is 80.1 Å². The van der Waals surface area contributed by atoms with Crippen molar-refractivity contribution in [2.45, 2.75) is 5.41 Å². The van der Waals surface area contributed by atoms with Crippen molar-refractivity contribution in [1.82, 2.24) is 0 Å². The SMILES string of the molecule is c1ccc(C2(c3ccccc3)c3ccccc3-c3cc(-c4cccc(N(c5ccc(-c6cccc7c6sc6ccccc67)cc5)c5ccc(-c6cccc7c6sc6ccccc67)cc5)c4)ccc32)cc1. The lowest BCUT2D eigenvalue weighted by atomic mass is 9.67. The molecule has 13 aromatic rings. The van der Waals surface area contributed by atoms with E-state index in [2.05, 4.69) is 266 Å². The van der Waals surface area contributed by atoms with Gasteiger partial charge >= 0.3 is 0 Å². The predicted molar refractivity (Wildman–Crippen MR) is 301 cm³/mol. The summed E-state index contributed by atoms with van der Waals surface area (Å²) in [5, 5.41) is 5.26. The van der Waals surface area contributed by atoms with Crippen LogP contribution >= 0.6 is 22.7 Å². The Balaban J connectivity index is 0.895. The molecule has 11 aromatic carbocycles. The molecule has 328 valence electrons. The molecule has 0 unspecified atom stereocenters. The zero-order chi connectivity index (χ0) is 46.2. The molecule has 14 rings (SSSR count). The van der Waals surface area contributed by atoms with Crippen molar-refractivity contribution in [3.63, 3.8) is 0 Å². The number of hydrogen-bond donors (Lipinski definition) is 0. The van der Waals surface area contributed by atoms with Crippen LogP contribution in [0.15, 0.2) is 261 Å². The van der Waals surface area contributed by atoms with Gasteiger partial charge in [0.15, 0.2) is 0 Å². The van der Waals surface area contributed by atoms with Crippen molar-refractivity contribution < 1.29 is 0 Å². The summed E-state index contributed by atoms with van der Waals surface area (Å²) in [7, 11) is 0. The van der Waals surface area contributed by atoms with Gasteiger partial charge in [0.1, 0.15) is 0 Å². The molecule has 0 fully saturated rings. The van der Waals surface area contributed by atoms with Gasteiger partial charge in [-0.1, -0.05) is 206 Å². The maximum atomic E-state index is 2.43. The topological polar surface area (TPSA) is 3.24 Å². The summed E-state index contributed by atoms with van der Waals surface area (Å²) in [6.45, 7) is 0. The highest BCUT2D eigenvalue weighted by Gasteiger charge is 2.46. The van der Waals surface area contributed by atoms with Crippen LogP contribution in [-0.4, -0.2) is 0 Å². The Morgan fingerprint density at radius 1 is 0.271 bits per heavy atom. The van der Waals surface area contributed by atoms with E-state index in [1.54, 1.807) is 0 Å². The molecule has 0 atom stereocenters. The number of benzene rings is 11. The number of nitrogens with zero attached hydrogens (tertiary/aromatic N) is 1. The van der Waals surface area contributed by atoms with Crippen LogP contribution in [0.2, 0.25) is 0 Å². The lowest BCUT2D eigenvalue weighted by molar-refractivity contribution is 0.768. The predicted octanol–water partition coefficient (Wildman–Crippen LogP) is 19.3. The highest BCUT2D eigenvalue weighted by Crippen LogP contribution is 2.57. The fraction of sp³-hybridized carbons (Fsp3) is 0.0149. The first-order chi connectivity index (χ1) is 34.7. The summed E-state index contributed by atoms with van der Waals surface area (Å²) < 4.78 is 5.29. The fourth-order valence-corrected chi connectivity index (χ4v) is 13.9.